The number of likely N-dealkylation sites (tertiary alicyclic amines) is 1. The zero-order chi connectivity index (χ0) is 29.4. The monoisotopic (exact) mass is 563 g/mol. The maximum absolute atomic E-state index is 14.0. The van der Waals surface area contributed by atoms with Gasteiger partial charge in [0.1, 0.15) is 17.8 Å². The van der Waals surface area contributed by atoms with Crippen molar-refractivity contribution in [3.8, 4) is 0 Å². The standard InChI is InChI=1S/C33H39F2N3O3/c1-3-36(4-2)22-20-30(39)37-21-8-11-29(32(37)38(33(40)41)23-24-9-6-5-7-10-24)31(25-12-16-27(34)17-13-25)26-14-18-28(35)19-15-26/h5-7,9-10,12-19,29,31-32H,3-4,8,11,20-23H2,1-2H3,(H,40,41)/t29-,32+/m0/s1. The third-order valence-corrected chi connectivity index (χ3v) is 8.14. The molecule has 0 aromatic heterocycles. The molecule has 0 unspecified atom stereocenters. The van der Waals surface area contributed by atoms with Crippen LogP contribution in [0.1, 0.15) is 55.7 Å². The number of benzene rings is 3. The minimum Gasteiger partial charge on any atom is -0.465 e. The second kappa shape index (κ2) is 14.2. The Bertz CT molecular complexity index is 1220. The van der Waals surface area contributed by atoms with Crippen LogP contribution in [0.15, 0.2) is 78.9 Å². The Balaban J connectivity index is 1.80. The molecule has 1 saturated heterocycles. The Morgan fingerprint density at radius 2 is 1.46 bits per heavy atom. The molecule has 0 saturated carbocycles. The average molecular weight is 564 g/mol. The van der Waals surface area contributed by atoms with Gasteiger partial charge in [0.25, 0.3) is 0 Å². The van der Waals surface area contributed by atoms with Gasteiger partial charge in [-0.25, -0.2) is 13.6 Å². The third kappa shape index (κ3) is 7.50. The summed E-state index contributed by atoms with van der Waals surface area (Å²) in [5.41, 5.74) is 2.39. The van der Waals surface area contributed by atoms with E-state index >= 15 is 0 Å². The van der Waals surface area contributed by atoms with E-state index in [1.807, 2.05) is 30.3 Å². The molecule has 1 heterocycles. The number of hydrogen-bond acceptors (Lipinski definition) is 3. The van der Waals surface area contributed by atoms with Crippen molar-refractivity contribution >= 4 is 12.0 Å². The molecule has 2 atom stereocenters. The van der Waals surface area contributed by atoms with Crippen molar-refractivity contribution in [1.82, 2.24) is 14.7 Å². The van der Waals surface area contributed by atoms with Crippen LogP contribution in [0.4, 0.5) is 13.6 Å². The summed E-state index contributed by atoms with van der Waals surface area (Å²) in [4.78, 5) is 32.1. The molecule has 1 N–H and O–H groups in total. The van der Waals surface area contributed by atoms with E-state index in [1.165, 1.54) is 29.2 Å². The topological polar surface area (TPSA) is 64.1 Å². The van der Waals surface area contributed by atoms with E-state index in [0.717, 1.165) is 29.8 Å². The van der Waals surface area contributed by atoms with Crippen molar-refractivity contribution in [2.24, 2.45) is 5.92 Å². The molecule has 218 valence electrons. The molecule has 3 aromatic rings. The maximum Gasteiger partial charge on any atom is 0.409 e. The minimum atomic E-state index is -1.12. The van der Waals surface area contributed by atoms with Crippen molar-refractivity contribution in [1.29, 1.82) is 0 Å². The molecule has 1 aliphatic rings. The van der Waals surface area contributed by atoms with Crippen LogP contribution in [-0.2, 0) is 11.3 Å². The van der Waals surface area contributed by atoms with Gasteiger partial charge in [-0.2, -0.15) is 0 Å². The SMILES string of the molecule is CCN(CC)CCC(=O)N1CCC[C@@H](C(c2ccc(F)cc2)c2ccc(F)cc2)[C@H]1N(Cc1ccccc1)C(=O)O. The number of carboxylic acid groups (broad SMARTS) is 1. The van der Waals surface area contributed by atoms with Crippen LogP contribution in [0.3, 0.4) is 0 Å². The van der Waals surface area contributed by atoms with Crippen LogP contribution in [0.2, 0.25) is 0 Å². The van der Waals surface area contributed by atoms with E-state index in [1.54, 1.807) is 29.2 Å². The third-order valence-electron chi connectivity index (χ3n) is 8.14. The van der Waals surface area contributed by atoms with Crippen LogP contribution in [0.5, 0.6) is 0 Å². The molecule has 41 heavy (non-hydrogen) atoms. The first-order valence-corrected chi connectivity index (χ1v) is 14.4. The van der Waals surface area contributed by atoms with E-state index in [9.17, 15) is 23.5 Å². The second-order valence-corrected chi connectivity index (χ2v) is 10.6. The maximum atomic E-state index is 14.0. The first-order valence-electron chi connectivity index (χ1n) is 14.4. The number of rotatable bonds is 11. The molecule has 8 heteroatoms. The van der Waals surface area contributed by atoms with Gasteiger partial charge in [0.2, 0.25) is 5.91 Å². The number of carbonyl (C=O) groups excluding carboxylic acids is 1. The van der Waals surface area contributed by atoms with Crippen molar-refractivity contribution < 1.29 is 23.5 Å². The molecule has 0 spiro atoms. The summed E-state index contributed by atoms with van der Waals surface area (Å²) < 4.78 is 28.0. The van der Waals surface area contributed by atoms with E-state index in [4.69, 9.17) is 0 Å². The Morgan fingerprint density at radius 1 is 0.902 bits per heavy atom. The molecule has 4 rings (SSSR count). The first-order chi connectivity index (χ1) is 19.8. The van der Waals surface area contributed by atoms with E-state index in [-0.39, 0.29) is 36.4 Å². The minimum absolute atomic E-state index is 0.0946. The van der Waals surface area contributed by atoms with Gasteiger partial charge in [0.15, 0.2) is 0 Å². The number of carbonyl (C=O) groups is 2. The van der Waals surface area contributed by atoms with E-state index in [0.29, 0.717) is 25.9 Å². The number of halogens is 2. The smallest absolute Gasteiger partial charge is 0.409 e. The van der Waals surface area contributed by atoms with Crippen LogP contribution >= 0.6 is 0 Å². The molecule has 2 amide bonds. The highest BCUT2D eigenvalue weighted by molar-refractivity contribution is 5.77. The Kier molecular flexibility index (Phi) is 10.5. The summed E-state index contributed by atoms with van der Waals surface area (Å²) in [5.74, 6) is -1.59. The van der Waals surface area contributed by atoms with Crippen LogP contribution in [-0.4, -0.2) is 64.2 Å². The van der Waals surface area contributed by atoms with E-state index < -0.39 is 18.2 Å². The molecular weight excluding hydrogens is 524 g/mol. The summed E-state index contributed by atoms with van der Waals surface area (Å²) in [6.45, 7) is 6.88. The van der Waals surface area contributed by atoms with Gasteiger partial charge in [0.05, 0.1) is 6.54 Å². The van der Waals surface area contributed by atoms with Gasteiger partial charge in [0, 0.05) is 31.3 Å². The van der Waals surface area contributed by atoms with Gasteiger partial charge < -0.3 is 14.9 Å². The lowest BCUT2D eigenvalue weighted by molar-refractivity contribution is -0.143. The largest absolute Gasteiger partial charge is 0.465 e. The zero-order valence-corrected chi connectivity index (χ0v) is 23.8. The highest BCUT2D eigenvalue weighted by atomic mass is 19.1. The highest BCUT2D eigenvalue weighted by Crippen LogP contribution is 2.42. The molecule has 0 radical (unpaired) electrons. The van der Waals surface area contributed by atoms with Crippen LogP contribution < -0.4 is 0 Å². The molecule has 3 aromatic carbocycles. The van der Waals surface area contributed by atoms with Crippen LogP contribution in [0.25, 0.3) is 0 Å². The Labute approximate surface area is 241 Å². The lowest BCUT2D eigenvalue weighted by atomic mass is 9.74. The first kappa shape index (κ1) is 30.2. The van der Waals surface area contributed by atoms with Gasteiger partial charge in [-0.05, 0) is 66.9 Å². The lowest BCUT2D eigenvalue weighted by Crippen LogP contribution is -2.60. The van der Waals surface area contributed by atoms with Gasteiger partial charge >= 0.3 is 6.09 Å². The molecule has 1 aliphatic heterocycles. The Morgan fingerprint density at radius 3 is 1.98 bits per heavy atom. The van der Waals surface area contributed by atoms with Crippen LogP contribution in [0, 0.1) is 17.6 Å². The Hall–Kier alpha value is -3.78. The lowest BCUT2D eigenvalue weighted by Gasteiger charge is -2.49. The summed E-state index contributed by atoms with van der Waals surface area (Å²) in [6, 6.07) is 21.7. The predicted molar refractivity (Wildman–Crippen MR) is 155 cm³/mol. The van der Waals surface area contributed by atoms with Crippen molar-refractivity contribution in [3.63, 3.8) is 0 Å². The second-order valence-electron chi connectivity index (χ2n) is 10.6. The average Bonchev–Trinajstić information content (AvgIpc) is 2.99. The normalized spacial score (nSPS) is 17.2. The molecule has 6 nitrogen and oxygen atoms in total. The number of hydrogen-bond donors (Lipinski definition) is 1. The van der Waals surface area contributed by atoms with Gasteiger partial charge in [-0.15, -0.1) is 0 Å². The number of amides is 2. The summed E-state index contributed by atoms with van der Waals surface area (Å²) in [6.07, 6.45) is -0.283. The molecular formula is C33H39F2N3O3. The molecule has 0 aliphatic carbocycles. The summed E-state index contributed by atoms with van der Waals surface area (Å²) in [7, 11) is 0. The fourth-order valence-electron chi connectivity index (χ4n) is 6.04. The quantitative estimate of drug-likeness (QED) is 0.287. The van der Waals surface area contributed by atoms with Gasteiger partial charge in [-0.3, -0.25) is 9.69 Å². The van der Waals surface area contributed by atoms with Crippen molar-refractivity contribution in [2.45, 2.75) is 51.7 Å². The van der Waals surface area contributed by atoms with Crippen molar-refractivity contribution in [2.75, 3.05) is 26.2 Å². The summed E-state index contributed by atoms with van der Waals surface area (Å²) in [5, 5.41) is 10.6. The molecule has 1 fully saturated rings. The number of nitrogens with zero attached hydrogens (tertiary/aromatic N) is 3. The fraction of sp³-hybridized carbons (Fsp3) is 0.394. The highest BCUT2D eigenvalue weighted by Gasteiger charge is 2.44. The molecule has 0 bridgehead atoms. The van der Waals surface area contributed by atoms with E-state index in [2.05, 4.69) is 18.7 Å². The number of piperidine rings is 1. The predicted octanol–water partition coefficient (Wildman–Crippen LogP) is 6.57. The van der Waals surface area contributed by atoms with Gasteiger partial charge in [-0.1, -0.05) is 68.4 Å². The van der Waals surface area contributed by atoms with Crippen molar-refractivity contribution in [3.05, 3.63) is 107 Å². The zero-order valence-electron chi connectivity index (χ0n) is 23.8. The summed E-state index contributed by atoms with van der Waals surface area (Å²) >= 11 is 0. The fourth-order valence-corrected chi connectivity index (χ4v) is 6.04.